The van der Waals surface area contributed by atoms with Crippen LogP contribution < -0.4 is 10.9 Å². The van der Waals surface area contributed by atoms with Crippen molar-refractivity contribution in [3.05, 3.63) is 69.8 Å². The third kappa shape index (κ3) is 2.63. The van der Waals surface area contributed by atoms with Gasteiger partial charge in [0, 0.05) is 36.2 Å². The van der Waals surface area contributed by atoms with Gasteiger partial charge in [0.2, 0.25) is 5.62 Å². The number of non-ortho nitro benzene ring substituents is 1. The van der Waals surface area contributed by atoms with Crippen LogP contribution in [0.1, 0.15) is 10.4 Å². The Morgan fingerprint density at radius 3 is 2.92 bits per heavy atom. The first-order valence-electron chi connectivity index (χ1n) is 7.70. The molecule has 0 bridgehead atoms. The molecule has 0 fully saturated rings. The number of hydrogen-bond donors (Lipinski definition) is 1. The summed E-state index contributed by atoms with van der Waals surface area (Å²) < 4.78 is 1.84. The van der Waals surface area contributed by atoms with E-state index >= 15 is 0 Å². The molecule has 1 amide bonds. The van der Waals surface area contributed by atoms with Gasteiger partial charge in [-0.05, 0) is 18.2 Å². The van der Waals surface area contributed by atoms with Crippen LogP contribution in [0.25, 0.3) is 10.9 Å². The van der Waals surface area contributed by atoms with E-state index in [-0.39, 0.29) is 16.9 Å². The quantitative estimate of drug-likeness (QED) is 0.571. The normalized spacial score (nSPS) is 13.5. The summed E-state index contributed by atoms with van der Waals surface area (Å²) in [6.07, 6.45) is 0. The average Bonchev–Trinajstić information content (AvgIpc) is 3.12. The number of nitro groups is 1. The second-order valence-corrected chi connectivity index (χ2v) is 5.58. The molecule has 1 aromatic heterocycles. The second-order valence-electron chi connectivity index (χ2n) is 5.58. The van der Waals surface area contributed by atoms with Crippen molar-refractivity contribution in [1.82, 2.24) is 9.55 Å². The number of nitrogens with one attached hydrogen (secondary N) is 1. The monoisotopic (exact) mass is 335 g/mol. The van der Waals surface area contributed by atoms with Gasteiger partial charge in [0.15, 0.2) is 0 Å². The Morgan fingerprint density at radius 2 is 2.08 bits per heavy atom. The Kier molecular flexibility index (Phi) is 3.50. The van der Waals surface area contributed by atoms with Gasteiger partial charge in [0.1, 0.15) is 5.82 Å². The molecule has 1 N–H and O–H groups in total. The fraction of sp³-hybridized carbons (Fsp3) is 0.118. The van der Waals surface area contributed by atoms with Crippen molar-refractivity contribution >= 4 is 28.3 Å². The van der Waals surface area contributed by atoms with E-state index in [4.69, 9.17) is 0 Å². The van der Waals surface area contributed by atoms with Crippen LogP contribution in [0.2, 0.25) is 0 Å². The van der Waals surface area contributed by atoms with Crippen LogP contribution in [0, 0.1) is 10.1 Å². The van der Waals surface area contributed by atoms with Crippen molar-refractivity contribution in [3.63, 3.8) is 0 Å². The molecule has 2 heterocycles. The molecule has 0 saturated carbocycles. The molecule has 0 aliphatic carbocycles. The summed E-state index contributed by atoms with van der Waals surface area (Å²) in [5.41, 5.74) is 1.03. The van der Waals surface area contributed by atoms with Gasteiger partial charge >= 0.3 is 0 Å². The number of anilines is 1. The van der Waals surface area contributed by atoms with Crippen molar-refractivity contribution in [3.8, 4) is 0 Å². The molecule has 1 aliphatic heterocycles. The molecular weight excluding hydrogens is 322 g/mol. The minimum Gasteiger partial charge on any atom is -0.369 e. The number of aromatic nitrogens is 2. The van der Waals surface area contributed by atoms with Gasteiger partial charge in [-0.15, -0.1) is 0 Å². The van der Waals surface area contributed by atoms with Gasteiger partial charge in [-0.25, -0.2) is 4.98 Å². The number of hydrogen-bond acceptors (Lipinski definition) is 5. The maximum absolute atomic E-state index is 12.5. The first kappa shape index (κ1) is 15.0. The lowest BCUT2D eigenvalue weighted by atomic mass is 10.2. The highest BCUT2D eigenvalue weighted by molar-refractivity contribution is 5.95. The predicted molar refractivity (Wildman–Crippen MR) is 91.2 cm³/mol. The minimum atomic E-state index is -0.562. The van der Waals surface area contributed by atoms with Crippen molar-refractivity contribution in [2.75, 3.05) is 11.9 Å². The third-order valence-corrected chi connectivity index (χ3v) is 4.02. The Bertz CT molecular complexity index is 1090. The molecule has 2 aromatic carbocycles. The molecule has 3 aromatic rings. The summed E-state index contributed by atoms with van der Waals surface area (Å²) in [5, 5.41) is 15.1. The van der Waals surface area contributed by atoms with Crippen molar-refractivity contribution in [2.45, 2.75) is 6.54 Å². The molecule has 124 valence electrons. The molecular formula is C17H13N5O3. The van der Waals surface area contributed by atoms with Crippen LogP contribution in [0.3, 0.4) is 0 Å². The smallest absolute Gasteiger partial charge is 0.280 e. The van der Waals surface area contributed by atoms with Gasteiger partial charge in [-0.3, -0.25) is 19.5 Å². The van der Waals surface area contributed by atoms with Crippen molar-refractivity contribution < 1.29 is 9.72 Å². The lowest BCUT2D eigenvalue weighted by Gasteiger charge is -2.07. The number of nitrogens with zero attached hydrogens (tertiary/aromatic N) is 4. The molecule has 8 heteroatoms. The maximum Gasteiger partial charge on any atom is 0.280 e. The first-order chi connectivity index (χ1) is 12.1. The highest BCUT2D eigenvalue weighted by Crippen LogP contribution is 2.22. The summed E-state index contributed by atoms with van der Waals surface area (Å²) in [6.45, 7) is 1.37. The zero-order valence-corrected chi connectivity index (χ0v) is 13.0. The maximum atomic E-state index is 12.5. The number of carbonyl (C=O) groups excluding carboxylic acids is 1. The fourth-order valence-electron chi connectivity index (χ4n) is 2.87. The molecule has 0 unspecified atom stereocenters. The molecule has 0 saturated heterocycles. The second kappa shape index (κ2) is 5.82. The number of para-hydroxylation sites is 1. The SMILES string of the molecule is O=C(N=c1nc2ccccc2c2n1CCN2)c1cccc([N+](=O)[O-])c1. The van der Waals surface area contributed by atoms with Gasteiger partial charge in [0.25, 0.3) is 11.6 Å². The summed E-state index contributed by atoms with van der Waals surface area (Å²) in [7, 11) is 0. The van der Waals surface area contributed by atoms with E-state index in [1.165, 1.54) is 24.3 Å². The van der Waals surface area contributed by atoms with E-state index in [1.807, 2.05) is 28.8 Å². The Morgan fingerprint density at radius 1 is 1.24 bits per heavy atom. The summed E-state index contributed by atoms with van der Waals surface area (Å²) in [6, 6.07) is 13.1. The molecule has 0 spiro atoms. The van der Waals surface area contributed by atoms with Crippen LogP contribution in [0.4, 0.5) is 11.5 Å². The molecule has 4 rings (SSSR count). The van der Waals surface area contributed by atoms with E-state index in [0.29, 0.717) is 6.54 Å². The summed E-state index contributed by atoms with van der Waals surface area (Å²) in [5.74, 6) is 0.310. The van der Waals surface area contributed by atoms with E-state index < -0.39 is 10.8 Å². The van der Waals surface area contributed by atoms with Crippen LogP contribution in [0.15, 0.2) is 53.5 Å². The number of rotatable bonds is 2. The zero-order valence-electron chi connectivity index (χ0n) is 13.0. The Labute approximate surface area is 141 Å². The van der Waals surface area contributed by atoms with E-state index in [1.54, 1.807) is 0 Å². The van der Waals surface area contributed by atoms with Crippen molar-refractivity contribution in [1.29, 1.82) is 0 Å². The largest absolute Gasteiger partial charge is 0.369 e. The lowest BCUT2D eigenvalue weighted by Crippen LogP contribution is -2.24. The topological polar surface area (TPSA) is 102 Å². The van der Waals surface area contributed by atoms with E-state index in [0.717, 1.165) is 23.3 Å². The lowest BCUT2D eigenvalue weighted by molar-refractivity contribution is -0.384. The van der Waals surface area contributed by atoms with Gasteiger partial charge < -0.3 is 5.32 Å². The number of benzene rings is 2. The van der Waals surface area contributed by atoms with Crippen LogP contribution in [-0.4, -0.2) is 26.9 Å². The molecule has 0 atom stereocenters. The highest BCUT2D eigenvalue weighted by Gasteiger charge is 2.16. The average molecular weight is 335 g/mol. The first-order valence-corrected chi connectivity index (χ1v) is 7.70. The van der Waals surface area contributed by atoms with Gasteiger partial charge in [-0.2, -0.15) is 4.99 Å². The zero-order chi connectivity index (χ0) is 17.4. The highest BCUT2D eigenvalue weighted by atomic mass is 16.6. The van der Waals surface area contributed by atoms with E-state index in [2.05, 4.69) is 15.3 Å². The molecule has 8 nitrogen and oxygen atoms in total. The standard InChI is InChI=1S/C17H13N5O3/c23-16(11-4-3-5-12(10-11)22(24)25)20-17-19-14-7-2-1-6-13(14)15-18-8-9-21(15)17/h1-7,10,18H,8-9H2. The molecule has 0 radical (unpaired) electrons. The Balaban J connectivity index is 1.86. The van der Waals surface area contributed by atoms with Gasteiger partial charge in [-0.1, -0.05) is 18.2 Å². The predicted octanol–water partition coefficient (Wildman–Crippen LogP) is 2.11. The Hall–Kier alpha value is -3.55. The number of nitro benzene ring substituents is 1. The summed E-state index contributed by atoms with van der Waals surface area (Å²) >= 11 is 0. The summed E-state index contributed by atoms with van der Waals surface area (Å²) in [4.78, 5) is 31.4. The number of carbonyl (C=O) groups is 1. The van der Waals surface area contributed by atoms with Crippen LogP contribution in [0.5, 0.6) is 0 Å². The number of fused-ring (bicyclic) bond motifs is 3. The van der Waals surface area contributed by atoms with Crippen LogP contribution >= 0.6 is 0 Å². The van der Waals surface area contributed by atoms with E-state index in [9.17, 15) is 14.9 Å². The fourth-order valence-corrected chi connectivity index (χ4v) is 2.87. The number of amides is 1. The minimum absolute atomic E-state index is 0.146. The van der Waals surface area contributed by atoms with Gasteiger partial charge in [0.05, 0.1) is 10.4 Å². The van der Waals surface area contributed by atoms with Crippen molar-refractivity contribution in [2.24, 2.45) is 4.99 Å². The third-order valence-electron chi connectivity index (χ3n) is 4.02. The molecule has 25 heavy (non-hydrogen) atoms. The van der Waals surface area contributed by atoms with Crippen LogP contribution in [-0.2, 0) is 6.54 Å². The molecule has 1 aliphatic rings.